The monoisotopic (exact) mass is 315 g/mol. The molecule has 0 atom stereocenters. The van der Waals surface area contributed by atoms with Crippen LogP contribution in [0.15, 0.2) is 16.5 Å². The van der Waals surface area contributed by atoms with Crippen LogP contribution in [0.5, 0.6) is 0 Å². The van der Waals surface area contributed by atoms with Gasteiger partial charge in [-0.25, -0.2) is 18.6 Å². The second-order valence-electron chi connectivity index (χ2n) is 4.94. The highest BCUT2D eigenvalue weighted by molar-refractivity contribution is 6.30. The molecule has 21 heavy (non-hydrogen) atoms. The SMILES string of the molecule is CC(C)Cc1nc(-c2cc(F)c(Cl)cc2F)oc1C(=O)O. The van der Waals surface area contributed by atoms with Gasteiger partial charge in [-0.15, -0.1) is 0 Å². The van der Waals surface area contributed by atoms with Crippen molar-refractivity contribution in [3.05, 3.63) is 40.2 Å². The van der Waals surface area contributed by atoms with Crippen molar-refractivity contribution in [2.75, 3.05) is 0 Å². The molecule has 1 aromatic carbocycles. The number of hydrogen-bond acceptors (Lipinski definition) is 3. The highest BCUT2D eigenvalue weighted by atomic mass is 35.5. The van der Waals surface area contributed by atoms with E-state index in [2.05, 4.69) is 4.98 Å². The lowest BCUT2D eigenvalue weighted by Gasteiger charge is -2.00. The molecule has 0 saturated carbocycles. The van der Waals surface area contributed by atoms with Gasteiger partial charge >= 0.3 is 5.97 Å². The standard InChI is InChI=1S/C14H12ClF2NO3/c1-6(2)3-11-12(14(19)20)21-13(18-11)7-4-10(17)8(15)5-9(7)16/h4-6H,3H2,1-2H3,(H,19,20). The molecule has 4 nitrogen and oxygen atoms in total. The number of halogens is 3. The van der Waals surface area contributed by atoms with Gasteiger partial charge in [0.1, 0.15) is 11.6 Å². The summed E-state index contributed by atoms with van der Waals surface area (Å²) in [5.74, 6) is -3.50. The zero-order chi connectivity index (χ0) is 15.7. The van der Waals surface area contributed by atoms with E-state index in [4.69, 9.17) is 21.1 Å². The van der Waals surface area contributed by atoms with Gasteiger partial charge in [-0.2, -0.15) is 0 Å². The third-order valence-corrected chi connectivity index (χ3v) is 3.02. The minimum Gasteiger partial charge on any atom is -0.475 e. The van der Waals surface area contributed by atoms with Crippen LogP contribution < -0.4 is 0 Å². The molecule has 1 heterocycles. The Balaban J connectivity index is 2.55. The maximum atomic E-state index is 13.8. The summed E-state index contributed by atoms with van der Waals surface area (Å²) in [6.07, 6.45) is 0.350. The summed E-state index contributed by atoms with van der Waals surface area (Å²) in [5.41, 5.74) is -0.0725. The van der Waals surface area contributed by atoms with Crippen LogP contribution in [-0.4, -0.2) is 16.1 Å². The fraction of sp³-hybridized carbons (Fsp3) is 0.286. The molecule has 112 valence electrons. The van der Waals surface area contributed by atoms with Crippen LogP contribution in [-0.2, 0) is 6.42 Å². The van der Waals surface area contributed by atoms with Crippen LogP contribution in [0.4, 0.5) is 8.78 Å². The van der Waals surface area contributed by atoms with Crippen molar-refractivity contribution in [2.45, 2.75) is 20.3 Å². The number of oxazole rings is 1. The summed E-state index contributed by atoms with van der Waals surface area (Å²) in [5, 5.41) is 8.71. The van der Waals surface area contributed by atoms with E-state index in [9.17, 15) is 13.6 Å². The van der Waals surface area contributed by atoms with E-state index in [1.807, 2.05) is 13.8 Å². The van der Waals surface area contributed by atoms with Crippen molar-refractivity contribution >= 4 is 17.6 Å². The Morgan fingerprint density at radius 3 is 2.62 bits per heavy atom. The maximum absolute atomic E-state index is 13.8. The van der Waals surface area contributed by atoms with Gasteiger partial charge in [-0.1, -0.05) is 25.4 Å². The van der Waals surface area contributed by atoms with Crippen LogP contribution in [0.25, 0.3) is 11.5 Å². The van der Waals surface area contributed by atoms with Crippen LogP contribution in [0.3, 0.4) is 0 Å². The number of nitrogens with zero attached hydrogens (tertiary/aromatic N) is 1. The zero-order valence-corrected chi connectivity index (χ0v) is 12.0. The van der Waals surface area contributed by atoms with Crippen molar-refractivity contribution in [1.82, 2.24) is 4.98 Å². The van der Waals surface area contributed by atoms with Gasteiger partial charge in [-0.3, -0.25) is 0 Å². The molecule has 1 N–H and O–H groups in total. The second kappa shape index (κ2) is 5.81. The van der Waals surface area contributed by atoms with Crippen molar-refractivity contribution < 1.29 is 23.1 Å². The zero-order valence-electron chi connectivity index (χ0n) is 11.3. The average molecular weight is 316 g/mol. The van der Waals surface area contributed by atoms with Crippen molar-refractivity contribution in [1.29, 1.82) is 0 Å². The van der Waals surface area contributed by atoms with E-state index in [0.717, 1.165) is 12.1 Å². The summed E-state index contributed by atoms with van der Waals surface area (Å²) in [4.78, 5) is 15.1. The van der Waals surface area contributed by atoms with E-state index in [0.29, 0.717) is 6.42 Å². The largest absolute Gasteiger partial charge is 0.475 e. The lowest BCUT2D eigenvalue weighted by molar-refractivity contribution is 0.0661. The number of carboxylic acid groups (broad SMARTS) is 1. The molecule has 1 aromatic heterocycles. The Morgan fingerprint density at radius 1 is 1.38 bits per heavy atom. The van der Waals surface area contributed by atoms with E-state index in [-0.39, 0.29) is 33.8 Å². The summed E-state index contributed by atoms with van der Waals surface area (Å²) in [6.45, 7) is 3.76. The van der Waals surface area contributed by atoms with E-state index < -0.39 is 17.6 Å². The van der Waals surface area contributed by atoms with Crippen LogP contribution in [0.1, 0.15) is 30.1 Å². The molecule has 0 radical (unpaired) electrons. The van der Waals surface area contributed by atoms with Gasteiger partial charge in [0.25, 0.3) is 0 Å². The number of carbonyl (C=O) groups is 1. The molecule has 0 bridgehead atoms. The number of benzene rings is 1. The van der Waals surface area contributed by atoms with Crippen molar-refractivity contribution in [2.24, 2.45) is 5.92 Å². The normalized spacial score (nSPS) is 11.1. The summed E-state index contributed by atoms with van der Waals surface area (Å²) in [7, 11) is 0. The molecule has 0 spiro atoms. The summed E-state index contributed by atoms with van der Waals surface area (Å²) >= 11 is 5.47. The predicted octanol–water partition coefficient (Wildman–Crippen LogP) is 4.17. The molecule has 0 fully saturated rings. The Bertz CT molecular complexity index is 698. The molecule has 0 amide bonds. The van der Waals surface area contributed by atoms with Gasteiger partial charge in [0.2, 0.25) is 11.7 Å². The minimum absolute atomic E-state index is 0.132. The maximum Gasteiger partial charge on any atom is 0.373 e. The van der Waals surface area contributed by atoms with Gasteiger partial charge in [0, 0.05) is 0 Å². The van der Waals surface area contributed by atoms with Crippen LogP contribution >= 0.6 is 11.6 Å². The smallest absolute Gasteiger partial charge is 0.373 e. The first kappa shape index (κ1) is 15.4. The highest BCUT2D eigenvalue weighted by Gasteiger charge is 2.23. The van der Waals surface area contributed by atoms with Crippen LogP contribution in [0.2, 0.25) is 5.02 Å². The molecule has 0 aliphatic rings. The molecule has 2 aromatic rings. The van der Waals surface area contributed by atoms with E-state index in [1.54, 1.807) is 0 Å². The van der Waals surface area contributed by atoms with E-state index >= 15 is 0 Å². The summed E-state index contributed by atoms with van der Waals surface area (Å²) < 4.78 is 32.3. The fourth-order valence-electron chi connectivity index (χ4n) is 1.85. The molecule has 2 rings (SSSR count). The molecule has 0 aliphatic carbocycles. The minimum atomic E-state index is -1.31. The highest BCUT2D eigenvalue weighted by Crippen LogP contribution is 2.29. The third kappa shape index (κ3) is 3.21. The van der Waals surface area contributed by atoms with Crippen molar-refractivity contribution in [3.8, 4) is 11.5 Å². The predicted molar refractivity (Wildman–Crippen MR) is 72.4 cm³/mol. The molecule has 0 aliphatic heterocycles. The molecule has 0 unspecified atom stereocenters. The Morgan fingerprint density at radius 2 is 2.05 bits per heavy atom. The first-order valence-electron chi connectivity index (χ1n) is 6.17. The lowest BCUT2D eigenvalue weighted by atomic mass is 10.1. The number of aromatic carboxylic acids is 1. The quantitative estimate of drug-likeness (QED) is 0.860. The number of rotatable bonds is 4. The van der Waals surface area contributed by atoms with Gasteiger partial charge < -0.3 is 9.52 Å². The molecule has 0 saturated heterocycles. The Labute approximate surface area is 124 Å². The van der Waals surface area contributed by atoms with Gasteiger partial charge in [-0.05, 0) is 24.5 Å². The van der Waals surface area contributed by atoms with Gasteiger partial charge in [0.15, 0.2) is 0 Å². The topological polar surface area (TPSA) is 63.3 Å². The Hall–Kier alpha value is -1.95. The third-order valence-electron chi connectivity index (χ3n) is 2.73. The number of aromatic nitrogens is 1. The van der Waals surface area contributed by atoms with Crippen LogP contribution in [0, 0.1) is 17.6 Å². The van der Waals surface area contributed by atoms with Crippen molar-refractivity contribution in [3.63, 3.8) is 0 Å². The summed E-state index contributed by atoms with van der Waals surface area (Å²) in [6, 6.07) is 1.62. The number of hydrogen-bond donors (Lipinski definition) is 1. The molecular formula is C14H12ClF2NO3. The van der Waals surface area contributed by atoms with Gasteiger partial charge in [0.05, 0.1) is 16.3 Å². The molecule has 7 heteroatoms. The second-order valence-corrected chi connectivity index (χ2v) is 5.35. The fourth-order valence-corrected chi connectivity index (χ4v) is 2.00. The lowest BCUT2D eigenvalue weighted by Crippen LogP contribution is -2.03. The average Bonchev–Trinajstić information content (AvgIpc) is 2.76. The molecular weight excluding hydrogens is 304 g/mol. The first-order chi connectivity index (χ1) is 9.79. The Kier molecular flexibility index (Phi) is 4.27. The van der Waals surface area contributed by atoms with E-state index in [1.165, 1.54) is 0 Å². The number of carboxylic acids is 1. The first-order valence-corrected chi connectivity index (χ1v) is 6.55.